The first-order valence-corrected chi connectivity index (χ1v) is 6.22. The molecule has 5 heteroatoms. The number of nitrogens with one attached hydrogen (secondary N) is 1. The molecule has 1 unspecified atom stereocenters. The number of hydrogen-bond acceptors (Lipinski definition) is 3. The van der Waals surface area contributed by atoms with Crippen molar-refractivity contribution in [3.8, 4) is 5.75 Å². The van der Waals surface area contributed by atoms with Gasteiger partial charge in [-0.2, -0.15) is 0 Å². The van der Waals surface area contributed by atoms with Crippen LogP contribution in [-0.2, 0) is 9.53 Å². The third kappa shape index (κ3) is 2.76. The quantitative estimate of drug-likeness (QED) is 0.918. The molecule has 0 saturated carbocycles. The lowest BCUT2D eigenvalue weighted by atomic mass is 10.1. The fourth-order valence-electron chi connectivity index (χ4n) is 1.91. The summed E-state index contributed by atoms with van der Waals surface area (Å²) in [6, 6.07) is 3.52. The van der Waals surface area contributed by atoms with Crippen LogP contribution in [0, 0.1) is 12.8 Å². The van der Waals surface area contributed by atoms with Gasteiger partial charge in [0, 0.05) is 17.7 Å². The van der Waals surface area contributed by atoms with Gasteiger partial charge in [0.25, 0.3) is 0 Å². The summed E-state index contributed by atoms with van der Waals surface area (Å²) < 4.78 is 10.4. The standard InChI is InChI=1S/C13H16ClNO3/c1-8-5-11(12(17-2)6-10(8)14)15-13(16)9-3-4-18-7-9/h5-6,9H,3-4,7H2,1-2H3,(H,15,16). The lowest BCUT2D eigenvalue weighted by Crippen LogP contribution is -2.23. The van der Waals surface area contributed by atoms with Crippen molar-refractivity contribution in [3.63, 3.8) is 0 Å². The minimum absolute atomic E-state index is 0.0347. The van der Waals surface area contributed by atoms with Gasteiger partial charge >= 0.3 is 0 Å². The van der Waals surface area contributed by atoms with Crippen LogP contribution in [0.2, 0.25) is 5.02 Å². The number of hydrogen-bond donors (Lipinski definition) is 1. The normalized spacial score (nSPS) is 18.7. The van der Waals surface area contributed by atoms with Gasteiger partial charge in [-0.05, 0) is 25.0 Å². The van der Waals surface area contributed by atoms with Gasteiger partial charge in [-0.1, -0.05) is 11.6 Å². The monoisotopic (exact) mass is 269 g/mol. The van der Waals surface area contributed by atoms with Gasteiger partial charge in [0.2, 0.25) is 5.91 Å². The number of anilines is 1. The number of halogens is 1. The molecule has 1 heterocycles. The summed E-state index contributed by atoms with van der Waals surface area (Å²) in [4.78, 5) is 12.0. The van der Waals surface area contributed by atoms with E-state index in [4.69, 9.17) is 21.1 Å². The van der Waals surface area contributed by atoms with E-state index in [0.29, 0.717) is 29.7 Å². The molecule has 0 bridgehead atoms. The van der Waals surface area contributed by atoms with Gasteiger partial charge < -0.3 is 14.8 Å². The molecule has 2 rings (SSSR count). The topological polar surface area (TPSA) is 47.6 Å². The molecule has 18 heavy (non-hydrogen) atoms. The van der Waals surface area contributed by atoms with Crippen molar-refractivity contribution < 1.29 is 14.3 Å². The summed E-state index contributed by atoms with van der Waals surface area (Å²) in [7, 11) is 1.55. The maximum Gasteiger partial charge on any atom is 0.230 e. The van der Waals surface area contributed by atoms with Crippen LogP contribution in [0.3, 0.4) is 0 Å². The summed E-state index contributed by atoms with van der Waals surface area (Å²) in [6.07, 6.45) is 0.765. The van der Waals surface area contributed by atoms with Gasteiger partial charge in [0.15, 0.2) is 0 Å². The van der Waals surface area contributed by atoms with Crippen LogP contribution in [0.15, 0.2) is 12.1 Å². The van der Waals surface area contributed by atoms with Crippen LogP contribution in [-0.4, -0.2) is 26.2 Å². The van der Waals surface area contributed by atoms with Gasteiger partial charge in [0.1, 0.15) is 5.75 Å². The van der Waals surface area contributed by atoms with E-state index in [1.807, 2.05) is 13.0 Å². The first kappa shape index (κ1) is 13.2. The molecule has 4 nitrogen and oxygen atoms in total. The molecule has 0 aromatic heterocycles. The van der Waals surface area contributed by atoms with Crippen LogP contribution < -0.4 is 10.1 Å². The lowest BCUT2D eigenvalue weighted by molar-refractivity contribution is -0.119. The Bertz CT molecular complexity index is 456. The Morgan fingerprint density at radius 2 is 2.33 bits per heavy atom. The van der Waals surface area contributed by atoms with Crippen molar-refractivity contribution in [1.82, 2.24) is 0 Å². The molecule has 1 aromatic rings. The van der Waals surface area contributed by atoms with Crippen molar-refractivity contribution >= 4 is 23.2 Å². The number of rotatable bonds is 3. The summed E-state index contributed by atoms with van der Waals surface area (Å²) in [6.45, 7) is 3.02. The Labute approximate surface area is 111 Å². The van der Waals surface area contributed by atoms with Crippen LogP contribution in [0.25, 0.3) is 0 Å². The average molecular weight is 270 g/mol. The fourth-order valence-corrected chi connectivity index (χ4v) is 2.06. The van der Waals surface area contributed by atoms with Crippen molar-refractivity contribution in [2.75, 3.05) is 25.6 Å². The number of benzene rings is 1. The van der Waals surface area contributed by atoms with Crippen molar-refractivity contribution in [2.45, 2.75) is 13.3 Å². The van der Waals surface area contributed by atoms with E-state index in [1.54, 1.807) is 13.2 Å². The molecule has 1 fully saturated rings. The molecule has 0 radical (unpaired) electrons. The molecule has 1 aliphatic rings. The molecule has 1 N–H and O–H groups in total. The molecule has 0 spiro atoms. The molecule has 1 aromatic carbocycles. The van der Waals surface area contributed by atoms with Crippen LogP contribution in [0.5, 0.6) is 5.75 Å². The van der Waals surface area contributed by atoms with E-state index >= 15 is 0 Å². The van der Waals surface area contributed by atoms with Gasteiger partial charge in [-0.25, -0.2) is 0 Å². The number of carbonyl (C=O) groups is 1. The van der Waals surface area contributed by atoms with E-state index in [1.165, 1.54) is 0 Å². The molecule has 1 amide bonds. The smallest absolute Gasteiger partial charge is 0.230 e. The molecule has 1 aliphatic heterocycles. The Morgan fingerprint density at radius 3 is 2.94 bits per heavy atom. The first-order valence-electron chi connectivity index (χ1n) is 5.84. The van der Waals surface area contributed by atoms with E-state index in [9.17, 15) is 4.79 Å². The maximum atomic E-state index is 12.0. The second kappa shape index (κ2) is 5.59. The van der Waals surface area contributed by atoms with Crippen LogP contribution >= 0.6 is 11.6 Å². The van der Waals surface area contributed by atoms with E-state index in [2.05, 4.69) is 5.32 Å². The second-order valence-corrected chi connectivity index (χ2v) is 4.76. The molecule has 1 saturated heterocycles. The minimum atomic E-state index is -0.0781. The third-order valence-corrected chi connectivity index (χ3v) is 3.45. The Kier molecular flexibility index (Phi) is 4.09. The Balaban J connectivity index is 2.17. The van der Waals surface area contributed by atoms with Crippen LogP contribution in [0.1, 0.15) is 12.0 Å². The predicted octanol–water partition coefficient (Wildman–Crippen LogP) is 2.63. The summed E-state index contributed by atoms with van der Waals surface area (Å²) in [5.74, 6) is 0.455. The van der Waals surface area contributed by atoms with Gasteiger partial charge in [-0.3, -0.25) is 4.79 Å². The lowest BCUT2D eigenvalue weighted by Gasteiger charge is -2.14. The SMILES string of the molecule is COc1cc(Cl)c(C)cc1NC(=O)C1CCOC1. The molecular formula is C13H16ClNO3. The zero-order valence-electron chi connectivity index (χ0n) is 10.5. The van der Waals surface area contributed by atoms with Crippen molar-refractivity contribution in [3.05, 3.63) is 22.7 Å². The average Bonchev–Trinajstić information content (AvgIpc) is 2.87. The van der Waals surface area contributed by atoms with E-state index in [-0.39, 0.29) is 11.8 Å². The largest absolute Gasteiger partial charge is 0.495 e. The Hall–Kier alpha value is -1.26. The second-order valence-electron chi connectivity index (χ2n) is 4.35. The highest BCUT2D eigenvalue weighted by molar-refractivity contribution is 6.31. The van der Waals surface area contributed by atoms with Crippen molar-refractivity contribution in [1.29, 1.82) is 0 Å². The van der Waals surface area contributed by atoms with Gasteiger partial charge in [0.05, 0.1) is 25.3 Å². The third-order valence-electron chi connectivity index (χ3n) is 3.04. The summed E-state index contributed by atoms with van der Waals surface area (Å²) in [5, 5.41) is 3.49. The highest BCUT2D eigenvalue weighted by atomic mass is 35.5. The fraction of sp³-hybridized carbons (Fsp3) is 0.462. The summed E-state index contributed by atoms with van der Waals surface area (Å²) >= 11 is 6.02. The zero-order valence-corrected chi connectivity index (χ0v) is 11.2. The molecular weight excluding hydrogens is 254 g/mol. The summed E-state index contributed by atoms with van der Waals surface area (Å²) in [5.41, 5.74) is 1.55. The first-order chi connectivity index (χ1) is 8.61. The maximum absolute atomic E-state index is 12.0. The minimum Gasteiger partial charge on any atom is -0.495 e. The number of methoxy groups -OCH3 is 1. The van der Waals surface area contributed by atoms with E-state index < -0.39 is 0 Å². The molecule has 98 valence electrons. The van der Waals surface area contributed by atoms with Crippen LogP contribution in [0.4, 0.5) is 5.69 Å². The predicted molar refractivity (Wildman–Crippen MR) is 70.3 cm³/mol. The van der Waals surface area contributed by atoms with Gasteiger partial charge in [-0.15, -0.1) is 0 Å². The van der Waals surface area contributed by atoms with E-state index in [0.717, 1.165) is 12.0 Å². The zero-order chi connectivity index (χ0) is 13.1. The molecule has 0 aliphatic carbocycles. The highest BCUT2D eigenvalue weighted by Gasteiger charge is 2.24. The Morgan fingerprint density at radius 1 is 1.56 bits per heavy atom. The number of amides is 1. The number of aryl methyl sites for hydroxylation is 1. The number of ether oxygens (including phenoxy) is 2. The molecule has 1 atom stereocenters. The number of carbonyl (C=O) groups excluding carboxylic acids is 1. The van der Waals surface area contributed by atoms with Crippen molar-refractivity contribution in [2.24, 2.45) is 5.92 Å². The highest BCUT2D eigenvalue weighted by Crippen LogP contribution is 2.31.